The maximum Gasteiger partial charge on any atom is 0.185 e. The van der Waals surface area contributed by atoms with Gasteiger partial charge in [-0.05, 0) is 12.8 Å². The molecule has 102 valence electrons. The molecule has 18 heavy (non-hydrogen) atoms. The Bertz CT molecular complexity index is 380. The first kappa shape index (κ1) is 13.8. The van der Waals surface area contributed by atoms with Crippen LogP contribution in [0.15, 0.2) is 0 Å². The van der Waals surface area contributed by atoms with E-state index < -0.39 is 0 Å². The molecule has 0 radical (unpaired) electrons. The van der Waals surface area contributed by atoms with Crippen molar-refractivity contribution in [2.45, 2.75) is 27.3 Å². The SMILES string of the molecule is Cc1nc(N2CCN(CC(C)C)CC2)sc1CN. The van der Waals surface area contributed by atoms with E-state index in [9.17, 15) is 0 Å². The third-order valence-corrected chi connectivity index (χ3v) is 4.57. The minimum atomic E-state index is 0.608. The van der Waals surface area contributed by atoms with Crippen LogP contribution >= 0.6 is 11.3 Å². The van der Waals surface area contributed by atoms with Gasteiger partial charge in [0.15, 0.2) is 5.13 Å². The lowest BCUT2D eigenvalue weighted by Gasteiger charge is -2.35. The maximum atomic E-state index is 5.71. The van der Waals surface area contributed by atoms with Gasteiger partial charge in [0, 0.05) is 44.1 Å². The van der Waals surface area contributed by atoms with E-state index in [1.165, 1.54) is 11.4 Å². The zero-order valence-corrected chi connectivity index (χ0v) is 12.5. The molecule has 0 saturated carbocycles. The highest BCUT2D eigenvalue weighted by molar-refractivity contribution is 7.15. The Morgan fingerprint density at radius 3 is 2.44 bits per heavy atom. The topological polar surface area (TPSA) is 45.4 Å². The fourth-order valence-corrected chi connectivity index (χ4v) is 3.37. The maximum absolute atomic E-state index is 5.71. The Morgan fingerprint density at radius 2 is 1.94 bits per heavy atom. The van der Waals surface area contributed by atoms with E-state index in [0.29, 0.717) is 6.54 Å². The monoisotopic (exact) mass is 268 g/mol. The van der Waals surface area contributed by atoms with E-state index in [1.54, 1.807) is 11.3 Å². The summed E-state index contributed by atoms with van der Waals surface area (Å²) in [5.41, 5.74) is 6.81. The summed E-state index contributed by atoms with van der Waals surface area (Å²) in [7, 11) is 0. The molecule has 2 heterocycles. The molecule has 0 bridgehead atoms. The van der Waals surface area contributed by atoms with Gasteiger partial charge in [-0.2, -0.15) is 0 Å². The molecule has 1 aromatic rings. The molecule has 0 aromatic carbocycles. The van der Waals surface area contributed by atoms with E-state index in [-0.39, 0.29) is 0 Å². The van der Waals surface area contributed by atoms with Crippen LogP contribution in [0.2, 0.25) is 0 Å². The summed E-state index contributed by atoms with van der Waals surface area (Å²) in [5.74, 6) is 0.752. The summed E-state index contributed by atoms with van der Waals surface area (Å²) in [6.07, 6.45) is 0. The first-order valence-corrected chi connectivity index (χ1v) is 7.55. The molecule has 1 saturated heterocycles. The first-order valence-electron chi connectivity index (χ1n) is 6.73. The molecule has 0 amide bonds. The molecule has 0 unspecified atom stereocenters. The van der Waals surface area contributed by atoms with E-state index in [1.807, 2.05) is 0 Å². The van der Waals surface area contributed by atoms with Gasteiger partial charge in [-0.25, -0.2) is 4.98 Å². The largest absolute Gasteiger partial charge is 0.346 e. The number of thiazole rings is 1. The van der Waals surface area contributed by atoms with Crippen molar-refractivity contribution in [3.8, 4) is 0 Å². The number of aromatic nitrogens is 1. The van der Waals surface area contributed by atoms with Crippen molar-refractivity contribution in [2.75, 3.05) is 37.6 Å². The van der Waals surface area contributed by atoms with Crippen molar-refractivity contribution in [3.63, 3.8) is 0 Å². The van der Waals surface area contributed by atoms with Crippen LogP contribution < -0.4 is 10.6 Å². The van der Waals surface area contributed by atoms with Gasteiger partial charge in [0.05, 0.1) is 5.69 Å². The lowest BCUT2D eigenvalue weighted by molar-refractivity contribution is 0.231. The van der Waals surface area contributed by atoms with Crippen LogP contribution in [0.5, 0.6) is 0 Å². The Labute approximate surface area is 114 Å². The Kier molecular flexibility index (Phi) is 4.59. The molecule has 1 aromatic heterocycles. The molecule has 0 atom stereocenters. The normalized spacial score (nSPS) is 17.7. The van der Waals surface area contributed by atoms with Crippen LogP contribution in [-0.2, 0) is 6.54 Å². The first-order chi connectivity index (χ1) is 8.60. The molecular formula is C13H24N4S. The minimum Gasteiger partial charge on any atom is -0.346 e. The zero-order chi connectivity index (χ0) is 13.1. The quantitative estimate of drug-likeness (QED) is 0.902. The smallest absolute Gasteiger partial charge is 0.185 e. The average Bonchev–Trinajstić information content (AvgIpc) is 2.71. The fourth-order valence-electron chi connectivity index (χ4n) is 2.38. The van der Waals surface area contributed by atoms with Gasteiger partial charge in [-0.1, -0.05) is 13.8 Å². The van der Waals surface area contributed by atoms with E-state index in [4.69, 9.17) is 5.73 Å². The van der Waals surface area contributed by atoms with Gasteiger partial charge in [-0.3, -0.25) is 4.90 Å². The average molecular weight is 268 g/mol. The number of nitrogens with zero attached hydrogens (tertiary/aromatic N) is 3. The summed E-state index contributed by atoms with van der Waals surface area (Å²) in [5, 5.41) is 1.15. The number of anilines is 1. The van der Waals surface area contributed by atoms with Crippen LogP contribution in [0, 0.1) is 12.8 Å². The van der Waals surface area contributed by atoms with Gasteiger partial charge < -0.3 is 10.6 Å². The highest BCUT2D eigenvalue weighted by atomic mass is 32.1. The van der Waals surface area contributed by atoms with Crippen molar-refractivity contribution in [1.82, 2.24) is 9.88 Å². The van der Waals surface area contributed by atoms with Crippen LogP contribution in [0.25, 0.3) is 0 Å². The van der Waals surface area contributed by atoms with E-state index in [2.05, 4.69) is 35.6 Å². The molecule has 1 aliphatic rings. The van der Waals surface area contributed by atoms with Crippen molar-refractivity contribution in [1.29, 1.82) is 0 Å². The summed E-state index contributed by atoms with van der Waals surface area (Å²) < 4.78 is 0. The number of hydrogen-bond donors (Lipinski definition) is 1. The number of nitrogens with two attached hydrogens (primary N) is 1. The second kappa shape index (κ2) is 5.99. The van der Waals surface area contributed by atoms with Crippen molar-refractivity contribution >= 4 is 16.5 Å². The van der Waals surface area contributed by atoms with Crippen molar-refractivity contribution in [2.24, 2.45) is 11.7 Å². The molecule has 1 aliphatic heterocycles. The number of hydrogen-bond acceptors (Lipinski definition) is 5. The Morgan fingerprint density at radius 1 is 1.28 bits per heavy atom. The molecule has 0 spiro atoms. The molecule has 4 nitrogen and oxygen atoms in total. The predicted molar refractivity (Wildman–Crippen MR) is 78.2 cm³/mol. The Balaban J connectivity index is 1.92. The van der Waals surface area contributed by atoms with Gasteiger partial charge in [0.1, 0.15) is 0 Å². The lowest BCUT2D eigenvalue weighted by atomic mass is 10.2. The minimum absolute atomic E-state index is 0.608. The van der Waals surface area contributed by atoms with Crippen molar-refractivity contribution in [3.05, 3.63) is 10.6 Å². The Hall–Kier alpha value is -0.650. The lowest BCUT2D eigenvalue weighted by Crippen LogP contribution is -2.47. The van der Waals surface area contributed by atoms with Gasteiger partial charge in [0.25, 0.3) is 0 Å². The molecule has 5 heteroatoms. The van der Waals surface area contributed by atoms with Crippen molar-refractivity contribution < 1.29 is 0 Å². The number of rotatable bonds is 4. The second-order valence-electron chi connectivity index (χ2n) is 5.39. The number of piperazine rings is 1. The van der Waals surface area contributed by atoms with Gasteiger partial charge >= 0.3 is 0 Å². The van der Waals surface area contributed by atoms with Crippen LogP contribution in [0.1, 0.15) is 24.4 Å². The third kappa shape index (κ3) is 3.22. The van der Waals surface area contributed by atoms with E-state index >= 15 is 0 Å². The zero-order valence-electron chi connectivity index (χ0n) is 11.6. The molecule has 2 rings (SSSR count). The third-order valence-electron chi connectivity index (χ3n) is 3.33. The number of aryl methyl sites for hydroxylation is 1. The highest BCUT2D eigenvalue weighted by Gasteiger charge is 2.20. The standard InChI is InChI=1S/C13H24N4S/c1-10(2)9-16-4-6-17(7-5-16)13-15-11(3)12(8-14)18-13/h10H,4-9,14H2,1-3H3. The van der Waals surface area contributed by atoms with Gasteiger partial charge in [0.2, 0.25) is 0 Å². The van der Waals surface area contributed by atoms with Gasteiger partial charge in [-0.15, -0.1) is 11.3 Å². The fraction of sp³-hybridized carbons (Fsp3) is 0.769. The molecule has 0 aliphatic carbocycles. The highest BCUT2D eigenvalue weighted by Crippen LogP contribution is 2.26. The molecular weight excluding hydrogens is 244 g/mol. The second-order valence-corrected chi connectivity index (χ2v) is 6.45. The summed E-state index contributed by atoms with van der Waals surface area (Å²) in [4.78, 5) is 10.8. The molecule has 2 N–H and O–H groups in total. The summed E-state index contributed by atoms with van der Waals surface area (Å²) in [6, 6.07) is 0. The molecule has 1 fully saturated rings. The predicted octanol–water partition coefficient (Wildman–Crippen LogP) is 1.69. The summed E-state index contributed by atoms with van der Waals surface area (Å²) >= 11 is 1.75. The van der Waals surface area contributed by atoms with E-state index in [0.717, 1.165) is 42.9 Å². The summed E-state index contributed by atoms with van der Waals surface area (Å²) in [6.45, 7) is 12.9. The van der Waals surface area contributed by atoms with Crippen LogP contribution in [0.3, 0.4) is 0 Å². The van der Waals surface area contributed by atoms with Crippen LogP contribution in [0.4, 0.5) is 5.13 Å². The van der Waals surface area contributed by atoms with Crippen LogP contribution in [-0.4, -0.2) is 42.6 Å².